The molecule has 2 amide bonds. The number of carbonyl (C=O) groups is 1. The van der Waals surface area contributed by atoms with E-state index in [0.29, 0.717) is 13.2 Å². The van der Waals surface area contributed by atoms with E-state index in [2.05, 4.69) is 15.6 Å². The predicted octanol–water partition coefficient (Wildman–Crippen LogP) is 2.76. The van der Waals surface area contributed by atoms with Gasteiger partial charge in [0.25, 0.3) is 0 Å². The van der Waals surface area contributed by atoms with Crippen LogP contribution in [0.25, 0.3) is 0 Å². The Balaban J connectivity index is 1.63. The van der Waals surface area contributed by atoms with E-state index in [1.165, 1.54) is 0 Å². The molecule has 6 heteroatoms. The van der Waals surface area contributed by atoms with E-state index in [4.69, 9.17) is 4.74 Å². The summed E-state index contributed by atoms with van der Waals surface area (Å²) in [5, 5.41) is 7.65. The molecule has 1 atom stereocenters. The number of aromatic nitrogens is 1. The molecule has 2 aromatic rings. The molecule has 2 rings (SSSR count). The van der Waals surface area contributed by atoms with Crippen molar-refractivity contribution >= 4 is 17.4 Å². The van der Waals surface area contributed by atoms with Crippen molar-refractivity contribution in [1.82, 2.24) is 15.6 Å². The van der Waals surface area contributed by atoms with E-state index in [1.807, 2.05) is 43.5 Å². The molecule has 1 aromatic carbocycles. The van der Waals surface area contributed by atoms with Gasteiger partial charge in [0.2, 0.25) is 0 Å². The second-order valence-corrected chi connectivity index (χ2v) is 5.88. The van der Waals surface area contributed by atoms with E-state index < -0.39 is 0 Å². The molecule has 1 unspecified atom stereocenters. The molecule has 1 aromatic heterocycles. The molecule has 2 N–H and O–H groups in total. The first kappa shape index (κ1) is 16.3. The average Bonchev–Trinajstić information content (AvgIpc) is 2.98. The number of urea groups is 1. The Bertz CT molecular complexity index is 587. The molecule has 118 valence electrons. The van der Waals surface area contributed by atoms with Crippen molar-refractivity contribution in [1.29, 1.82) is 0 Å². The highest BCUT2D eigenvalue weighted by Gasteiger charge is 2.07. The van der Waals surface area contributed by atoms with Gasteiger partial charge in [-0.2, -0.15) is 0 Å². The Labute approximate surface area is 134 Å². The second kappa shape index (κ2) is 8.38. The van der Waals surface area contributed by atoms with Crippen LogP contribution in [0.15, 0.2) is 35.2 Å². The van der Waals surface area contributed by atoms with Gasteiger partial charge in [0, 0.05) is 18.3 Å². The van der Waals surface area contributed by atoms with Crippen LogP contribution in [0.4, 0.5) is 4.79 Å². The summed E-state index contributed by atoms with van der Waals surface area (Å²) in [6.07, 6.45) is 0.741. The highest BCUT2D eigenvalue weighted by atomic mass is 32.1. The standard InChI is InChI=1S/C16H21N3O2S/c1-12-4-3-5-15(8-12)21-9-13(2)19-16(20)17-7-6-14-10-22-11-18-14/h3-5,8,10-11,13H,6-7,9H2,1-2H3,(H2,17,19,20). The summed E-state index contributed by atoms with van der Waals surface area (Å²) in [5.41, 5.74) is 3.94. The minimum absolute atomic E-state index is 0.0696. The lowest BCUT2D eigenvalue weighted by molar-refractivity contribution is 0.226. The van der Waals surface area contributed by atoms with Gasteiger partial charge in [-0.15, -0.1) is 11.3 Å². The van der Waals surface area contributed by atoms with Gasteiger partial charge in [0.15, 0.2) is 0 Å². The third-order valence-corrected chi connectivity index (χ3v) is 3.65. The maximum absolute atomic E-state index is 11.8. The molecule has 0 radical (unpaired) electrons. The zero-order chi connectivity index (χ0) is 15.8. The first-order valence-corrected chi connectivity index (χ1v) is 8.18. The zero-order valence-electron chi connectivity index (χ0n) is 12.8. The summed E-state index contributed by atoms with van der Waals surface area (Å²) in [7, 11) is 0. The number of nitrogens with zero attached hydrogens (tertiary/aromatic N) is 1. The molecule has 0 spiro atoms. The van der Waals surface area contributed by atoms with E-state index in [9.17, 15) is 4.79 Å². The Hall–Kier alpha value is -2.08. The van der Waals surface area contributed by atoms with Crippen LogP contribution in [0, 0.1) is 6.92 Å². The molecule has 0 saturated heterocycles. The summed E-state index contributed by atoms with van der Waals surface area (Å²) in [6, 6.07) is 7.60. The van der Waals surface area contributed by atoms with Crippen LogP contribution < -0.4 is 15.4 Å². The Morgan fingerprint density at radius 3 is 3.05 bits per heavy atom. The molecule has 0 aliphatic carbocycles. The summed E-state index contributed by atoms with van der Waals surface area (Å²) < 4.78 is 5.66. The number of ether oxygens (including phenoxy) is 1. The highest BCUT2D eigenvalue weighted by molar-refractivity contribution is 7.07. The molecule has 5 nitrogen and oxygen atoms in total. The predicted molar refractivity (Wildman–Crippen MR) is 88.5 cm³/mol. The quantitative estimate of drug-likeness (QED) is 0.825. The zero-order valence-corrected chi connectivity index (χ0v) is 13.7. The molecule has 0 aliphatic rings. The van der Waals surface area contributed by atoms with Crippen molar-refractivity contribution in [2.75, 3.05) is 13.2 Å². The van der Waals surface area contributed by atoms with Crippen molar-refractivity contribution in [3.63, 3.8) is 0 Å². The highest BCUT2D eigenvalue weighted by Crippen LogP contribution is 2.12. The minimum atomic E-state index is -0.185. The number of nitrogens with one attached hydrogen (secondary N) is 2. The SMILES string of the molecule is Cc1cccc(OCC(C)NC(=O)NCCc2cscn2)c1. The topological polar surface area (TPSA) is 63.2 Å². The molecule has 0 fully saturated rings. The lowest BCUT2D eigenvalue weighted by Crippen LogP contribution is -2.43. The number of thiazole rings is 1. The first-order chi connectivity index (χ1) is 10.6. The summed E-state index contributed by atoms with van der Waals surface area (Å²) >= 11 is 1.56. The first-order valence-electron chi connectivity index (χ1n) is 7.24. The van der Waals surface area contributed by atoms with Crippen LogP contribution in [0.2, 0.25) is 0 Å². The number of carbonyl (C=O) groups excluding carboxylic acids is 1. The smallest absolute Gasteiger partial charge is 0.315 e. The van der Waals surface area contributed by atoms with Crippen molar-refractivity contribution in [2.45, 2.75) is 26.3 Å². The summed E-state index contributed by atoms with van der Waals surface area (Å²) in [4.78, 5) is 15.9. The third kappa shape index (κ3) is 5.73. The van der Waals surface area contributed by atoms with Gasteiger partial charge in [0.1, 0.15) is 12.4 Å². The van der Waals surface area contributed by atoms with Crippen LogP contribution >= 0.6 is 11.3 Å². The van der Waals surface area contributed by atoms with E-state index >= 15 is 0 Å². The van der Waals surface area contributed by atoms with Gasteiger partial charge in [-0.3, -0.25) is 0 Å². The Morgan fingerprint density at radius 1 is 1.45 bits per heavy atom. The van der Waals surface area contributed by atoms with Crippen LogP contribution in [0.1, 0.15) is 18.2 Å². The van der Waals surface area contributed by atoms with Crippen LogP contribution in [0.3, 0.4) is 0 Å². The fraction of sp³-hybridized carbons (Fsp3) is 0.375. The maximum Gasteiger partial charge on any atom is 0.315 e. The molecule has 0 bridgehead atoms. The largest absolute Gasteiger partial charge is 0.491 e. The number of benzene rings is 1. The second-order valence-electron chi connectivity index (χ2n) is 5.16. The monoisotopic (exact) mass is 319 g/mol. The summed E-state index contributed by atoms with van der Waals surface area (Å²) in [6.45, 7) is 4.93. The van der Waals surface area contributed by atoms with Gasteiger partial charge in [0.05, 0.1) is 17.2 Å². The minimum Gasteiger partial charge on any atom is -0.491 e. The van der Waals surface area contributed by atoms with E-state index in [1.54, 1.807) is 16.8 Å². The van der Waals surface area contributed by atoms with Gasteiger partial charge >= 0.3 is 6.03 Å². The Morgan fingerprint density at radius 2 is 2.32 bits per heavy atom. The fourth-order valence-electron chi connectivity index (χ4n) is 1.91. The number of rotatable bonds is 7. The number of amides is 2. The molecule has 1 heterocycles. The van der Waals surface area contributed by atoms with Crippen molar-refractivity contribution in [3.8, 4) is 5.75 Å². The van der Waals surface area contributed by atoms with Gasteiger partial charge in [-0.1, -0.05) is 12.1 Å². The van der Waals surface area contributed by atoms with Crippen molar-refractivity contribution < 1.29 is 9.53 Å². The third-order valence-electron chi connectivity index (χ3n) is 3.02. The van der Waals surface area contributed by atoms with Gasteiger partial charge < -0.3 is 15.4 Å². The molecular weight excluding hydrogens is 298 g/mol. The average molecular weight is 319 g/mol. The van der Waals surface area contributed by atoms with Gasteiger partial charge in [-0.25, -0.2) is 9.78 Å². The lowest BCUT2D eigenvalue weighted by atomic mass is 10.2. The normalized spacial score (nSPS) is 11.7. The van der Waals surface area contributed by atoms with Crippen LogP contribution in [-0.2, 0) is 6.42 Å². The van der Waals surface area contributed by atoms with Crippen LogP contribution in [-0.4, -0.2) is 30.2 Å². The maximum atomic E-state index is 11.8. The number of hydrogen-bond donors (Lipinski definition) is 2. The van der Waals surface area contributed by atoms with E-state index in [0.717, 1.165) is 23.4 Å². The van der Waals surface area contributed by atoms with Crippen molar-refractivity contribution in [2.24, 2.45) is 0 Å². The number of hydrogen-bond acceptors (Lipinski definition) is 4. The molecule has 0 aliphatic heterocycles. The molecule has 0 saturated carbocycles. The van der Waals surface area contributed by atoms with Crippen molar-refractivity contribution in [3.05, 3.63) is 46.4 Å². The Kier molecular flexibility index (Phi) is 6.21. The summed E-state index contributed by atoms with van der Waals surface area (Å²) in [5.74, 6) is 0.817. The van der Waals surface area contributed by atoms with Gasteiger partial charge in [-0.05, 0) is 31.5 Å². The van der Waals surface area contributed by atoms with Crippen LogP contribution in [0.5, 0.6) is 5.75 Å². The molecule has 22 heavy (non-hydrogen) atoms. The molecular formula is C16H21N3O2S. The number of aryl methyl sites for hydroxylation is 1. The lowest BCUT2D eigenvalue weighted by Gasteiger charge is -2.15. The van der Waals surface area contributed by atoms with E-state index in [-0.39, 0.29) is 12.1 Å². The fourth-order valence-corrected chi connectivity index (χ4v) is 2.50.